The molecule has 0 spiro atoms. The second-order valence-electron chi connectivity index (χ2n) is 9.57. The van der Waals surface area contributed by atoms with Crippen LogP contribution < -0.4 is 4.90 Å². The third kappa shape index (κ3) is 3.79. The van der Waals surface area contributed by atoms with E-state index in [2.05, 4.69) is 4.90 Å². The summed E-state index contributed by atoms with van der Waals surface area (Å²) in [7, 11) is 4.06. The van der Waals surface area contributed by atoms with Crippen molar-refractivity contribution in [2.45, 2.75) is 38.5 Å². The van der Waals surface area contributed by atoms with Crippen molar-refractivity contribution in [2.24, 2.45) is 23.2 Å². The molecule has 1 aromatic carbocycles. The van der Waals surface area contributed by atoms with Crippen LogP contribution in [0.4, 0.5) is 9.52 Å². The molecule has 4 aliphatic carbocycles. The number of thiazole rings is 1. The number of rotatable bonds is 5. The highest BCUT2D eigenvalue weighted by Crippen LogP contribution is 2.60. The van der Waals surface area contributed by atoms with Gasteiger partial charge in [0.2, 0.25) is 5.91 Å². The van der Waals surface area contributed by atoms with E-state index in [-0.39, 0.29) is 29.5 Å². The van der Waals surface area contributed by atoms with Gasteiger partial charge in [-0.3, -0.25) is 9.69 Å². The van der Waals surface area contributed by atoms with Gasteiger partial charge in [-0.1, -0.05) is 11.3 Å². The van der Waals surface area contributed by atoms with E-state index in [1.807, 2.05) is 19.0 Å². The van der Waals surface area contributed by atoms with Crippen LogP contribution in [0.15, 0.2) is 18.2 Å². The average Bonchev–Trinajstić information content (AvgIpc) is 3.03. The molecule has 0 atom stereocenters. The number of carbonyl (C=O) groups is 1. The average molecular weight is 438 g/mol. The number of benzene rings is 1. The van der Waals surface area contributed by atoms with E-state index in [0.717, 1.165) is 58.9 Å². The predicted octanol–water partition coefficient (Wildman–Crippen LogP) is 4.97. The standard InChI is InChI=1S/C22H28FN3OS.ClH/c1-25(2)5-6-26(21-24-18-4-3-17(23)10-19(18)28-21)20(27)22-11-14-7-15(12-22)9-16(8-14)13-22;/h3-4,10,14-16H,5-9,11-13H2,1-2H3;1H. The number of anilines is 1. The quantitative estimate of drug-likeness (QED) is 0.662. The van der Waals surface area contributed by atoms with Crippen LogP contribution in [0.5, 0.6) is 0 Å². The molecular formula is C22H29ClFN3OS. The highest BCUT2D eigenvalue weighted by atomic mass is 35.5. The topological polar surface area (TPSA) is 36.4 Å². The molecule has 0 N–H and O–H groups in total. The maximum Gasteiger partial charge on any atom is 0.235 e. The molecule has 6 rings (SSSR count). The number of aromatic nitrogens is 1. The second kappa shape index (κ2) is 7.78. The van der Waals surface area contributed by atoms with Crippen molar-refractivity contribution in [3.8, 4) is 0 Å². The van der Waals surface area contributed by atoms with E-state index in [9.17, 15) is 9.18 Å². The molecule has 4 bridgehead atoms. The lowest BCUT2D eigenvalue weighted by atomic mass is 9.49. The fourth-order valence-corrected chi connectivity index (χ4v) is 7.26. The first-order valence-electron chi connectivity index (χ1n) is 10.4. The summed E-state index contributed by atoms with van der Waals surface area (Å²) in [5.41, 5.74) is 0.582. The maximum atomic E-state index is 14.0. The SMILES string of the molecule is CN(C)CCN(C(=O)C12CC3CC(CC(C3)C1)C2)c1nc2ccc(F)cc2s1.Cl. The van der Waals surface area contributed by atoms with E-state index in [1.54, 1.807) is 6.07 Å². The highest BCUT2D eigenvalue weighted by Gasteiger charge is 2.55. The zero-order valence-electron chi connectivity index (χ0n) is 17.1. The Morgan fingerprint density at radius 3 is 2.34 bits per heavy atom. The number of nitrogens with zero attached hydrogens (tertiary/aromatic N) is 3. The molecule has 1 aromatic heterocycles. The monoisotopic (exact) mass is 437 g/mol. The lowest BCUT2D eigenvalue weighted by molar-refractivity contribution is -0.143. The summed E-state index contributed by atoms with van der Waals surface area (Å²) in [5, 5.41) is 0.725. The Balaban J connectivity index is 0.00000205. The zero-order valence-corrected chi connectivity index (χ0v) is 18.7. The normalized spacial score (nSPS) is 30.0. The smallest absolute Gasteiger partial charge is 0.235 e. The number of hydrogen-bond acceptors (Lipinski definition) is 4. The van der Waals surface area contributed by atoms with Crippen LogP contribution >= 0.6 is 23.7 Å². The van der Waals surface area contributed by atoms with Crippen LogP contribution in [0.3, 0.4) is 0 Å². The van der Waals surface area contributed by atoms with Gasteiger partial charge in [-0.05, 0) is 88.6 Å². The van der Waals surface area contributed by atoms with Gasteiger partial charge in [0, 0.05) is 13.1 Å². The number of fused-ring (bicyclic) bond motifs is 1. The second-order valence-corrected chi connectivity index (χ2v) is 10.6. The van der Waals surface area contributed by atoms with Crippen molar-refractivity contribution in [1.82, 2.24) is 9.88 Å². The van der Waals surface area contributed by atoms with Crippen molar-refractivity contribution in [3.05, 3.63) is 24.0 Å². The number of amides is 1. The Kier molecular flexibility index (Phi) is 5.64. The van der Waals surface area contributed by atoms with Crippen molar-refractivity contribution in [3.63, 3.8) is 0 Å². The minimum atomic E-state index is -0.255. The van der Waals surface area contributed by atoms with E-state index in [0.29, 0.717) is 6.54 Å². The molecule has 4 fully saturated rings. The molecule has 1 amide bonds. The molecule has 0 saturated heterocycles. The van der Waals surface area contributed by atoms with Gasteiger partial charge >= 0.3 is 0 Å². The van der Waals surface area contributed by atoms with Crippen molar-refractivity contribution >= 4 is 45.0 Å². The van der Waals surface area contributed by atoms with E-state index >= 15 is 0 Å². The minimum Gasteiger partial charge on any atom is -0.308 e. The lowest BCUT2D eigenvalue weighted by Crippen LogP contribution is -2.55. The Morgan fingerprint density at radius 2 is 1.76 bits per heavy atom. The Morgan fingerprint density at radius 1 is 1.14 bits per heavy atom. The van der Waals surface area contributed by atoms with Crippen LogP contribution in [0.1, 0.15) is 38.5 Å². The Bertz CT molecular complexity index is 879. The zero-order chi connectivity index (χ0) is 19.5. The van der Waals surface area contributed by atoms with Crippen molar-refractivity contribution in [1.29, 1.82) is 0 Å². The van der Waals surface area contributed by atoms with Gasteiger partial charge in [0.05, 0.1) is 15.6 Å². The van der Waals surface area contributed by atoms with E-state index < -0.39 is 0 Å². The molecule has 4 nitrogen and oxygen atoms in total. The lowest BCUT2D eigenvalue weighted by Gasteiger charge is -2.56. The molecule has 2 aromatic rings. The van der Waals surface area contributed by atoms with Crippen LogP contribution in [0, 0.1) is 29.0 Å². The summed E-state index contributed by atoms with van der Waals surface area (Å²) in [6, 6.07) is 4.68. The molecule has 7 heteroatoms. The number of halogens is 2. The maximum absolute atomic E-state index is 14.0. The first-order valence-corrected chi connectivity index (χ1v) is 11.3. The molecule has 29 heavy (non-hydrogen) atoms. The number of hydrogen-bond donors (Lipinski definition) is 0. The summed E-state index contributed by atoms with van der Waals surface area (Å²) in [5.74, 6) is 2.21. The Hall–Kier alpha value is -1.24. The molecular weight excluding hydrogens is 409 g/mol. The molecule has 4 aliphatic rings. The first kappa shape index (κ1) is 21.0. The molecule has 4 saturated carbocycles. The number of likely N-dealkylation sites (N-methyl/N-ethyl adjacent to an activating group) is 1. The van der Waals surface area contributed by atoms with Gasteiger partial charge < -0.3 is 4.90 Å². The van der Waals surface area contributed by atoms with Crippen molar-refractivity contribution < 1.29 is 9.18 Å². The summed E-state index contributed by atoms with van der Waals surface area (Å²) in [4.78, 5) is 22.7. The summed E-state index contributed by atoms with van der Waals surface area (Å²) in [6.45, 7) is 1.43. The molecule has 1 heterocycles. The summed E-state index contributed by atoms with van der Waals surface area (Å²) in [6.07, 6.45) is 7.13. The van der Waals surface area contributed by atoms with Gasteiger partial charge in [0.25, 0.3) is 0 Å². The number of carbonyl (C=O) groups excluding carboxylic acids is 1. The van der Waals surface area contributed by atoms with Gasteiger partial charge in [0.1, 0.15) is 5.82 Å². The molecule has 158 valence electrons. The third-order valence-corrected chi connectivity index (χ3v) is 8.12. The summed E-state index contributed by atoms with van der Waals surface area (Å²) >= 11 is 1.44. The molecule has 0 radical (unpaired) electrons. The first-order chi connectivity index (χ1) is 13.4. The van der Waals surface area contributed by atoms with Gasteiger partial charge in [-0.15, -0.1) is 12.4 Å². The third-order valence-electron chi connectivity index (χ3n) is 7.08. The van der Waals surface area contributed by atoms with E-state index in [1.165, 1.54) is 42.7 Å². The highest BCUT2D eigenvalue weighted by molar-refractivity contribution is 7.22. The van der Waals surface area contributed by atoms with Gasteiger partial charge in [-0.25, -0.2) is 9.37 Å². The van der Waals surface area contributed by atoms with Gasteiger partial charge in [-0.2, -0.15) is 0 Å². The van der Waals surface area contributed by atoms with Crippen LogP contribution in [-0.2, 0) is 4.79 Å². The minimum absolute atomic E-state index is 0. The van der Waals surface area contributed by atoms with Crippen molar-refractivity contribution in [2.75, 3.05) is 32.1 Å². The van der Waals surface area contributed by atoms with Crippen LogP contribution in [0.25, 0.3) is 10.2 Å². The predicted molar refractivity (Wildman–Crippen MR) is 118 cm³/mol. The summed E-state index contributed by atoms with van der Waals surface area (Å²) < 4.78 is 14.5. The fraction of sp³-hybridized carbons (Fsp3) is 0.636. The van der Waals surface area contributed by atoms with E-state index in [4.69, 9.17) is 4.98 Å². The Labute approximate surface area is 181 Å². The molecule has 0 aliphatic heterocycles. The van der Waals surface area contributed by atoms with Crippen LogP contribution in [0.2, 0.25) is 0 Å². The fourth-order valence-electron chi connectivity index (χ4n) is 6.24. The van der Waals surface area contributed by atoms with Gasteiger partial charge in [0.15, 0.2) is 5.13 Å². The van der Waals surface area contributed by atoms with Crippen LogP contribution in [-0.4, -0.2) is 43.0 Å². The molecule has 0 unspecified atom stereocenters. The largest absolute Gasteiger partial charge is 0.308 e.